The van der Waals surface area contributed by atoms with Gasteiger partial charge in [-0.1, -0.05) is 81.1 Å². The smallest absolute Gasteiger partial charge is 0.237 e. The van der Waals surface area contributed by atoms with Crippen LogP contribution in [0.2, 0.25) is 0 Å². The van der Waals surface area contributed by atoms with Crippen molar-refractivity contribution in [1.82, 2.24) is 14.8 Å². The lowest BCUT2D eigenvalue weighted by molar-refractivity contribution is -0.115. The van der Waals surface area contributed by atoms with Gasteiger partial charge in [0, 0.05) is 17.8 Å². The maximum absolute atomic E-state index is 12.7. The Hall–Kier alpha value is -2.86. The van der Waals surface area contributed by atoms with Gasteiger partial charge in [-0.05, 0) is 36.5 Å². The van der Waals surface area contributed by atoms with Crippen LogP contribution in [0.5, 0.6) is 0 Å². The first-order chi connectivity index (χ1) is 14.7. The highest BCUT2D eigenvalue weighted by molar-refractivity contribution is 8.00. The van der Waals surface area contributed by atoms with Crippen LogP contribution in [0, 0.1) is 6.92 Å². The lowest BCUT2D eigenvalue weighted by atomic mass is 9.87. The van der Waals surface area contributed by atoms with Crippen molar-refractivity contribution < 1.29 is 4.79 Å². The number of hydrogen-bond acceptors (Lipinski definition) is 4. The summed E-state index contributed by atoms with van der Waals surface area (Å²) in [4.78, 5) is 12.7. The lowest BCUT2D eigenvalue weighted by Gasteiger charge is -2.19. The van der Waals surface area contributed by atoms with Crippen LogP contribution in [0.1, 0.15) is 38.8 Å². The molecule has 1 atom stereocenters. The molecule has 162 valence electrons. The van der Waals surface area contributed by atoms with Gasteiger partial charge in [-0.15, -0.1) is 16.8 Å². The predicted octanol–water partition coefficient (Wildman–Crippen LogP) is 5.86. The fraction of sp³-hybridized carbons (Fsp3) is 0.320. The molecule has 1 unspecified atom stereocenters. The molecule has 31 heavy (non-hydrogen) atoms. The Morgan fingerprint density at radius 1 is 1.16 bits per heavy atom. The molecule has 0 aliphatic rings. The number of benzene rings is 2. The summed E-state index contributed by atoms with van der Waals surface area (Å²) in [6.07, 6.45) is 1.82. The fourth-order valence-electron chi connectivity index (χ4n) is 3.16. The van der Waals surface area contributed by atoms with Gasteiger partial charge in [-0.2, -0.15) is 0 Å². The molecule has 2 aromatic carbocycles. The van der Waals surface area contributed by atoms with E-state index < -0.39 is 0 Å². The Morgan fingerprint density at radius 3 is 2.45 bits per heavy atom. The summed E-state index contributed by atoms with van der Waals surface area (Å²) in [7, 11) is 0. The highest BCUT2D eigenvalue weighted by atomic mass is 32.2. The van der Waals surface area contributed by atoms with E-state index in [4.69, 9.17) is 0 Å². The van der Waals surface area contributed by atoms with Crippen LogP contribution >= 0.6 is 11.8 Å². The monoisotopic (exact) mass is 434 g/mol. The molecule has 1 amide bonds. The van der Waals surface area contributed by atoms with Crippen molar-refractivity contribution in [2.24, 2.45) is 0 Å². The molecule has 5 nitrogen and oxygen atoms in total. The SMILES string of the molecule is C=CCn1c(SC(C)C(=O)Nc2ccccc2C)nnc1-c1ccc(C(C)(C)C)cc1. The minimum Gasteiger partial charge on any atom is -0.325 e. The largest absolute Gasteiger partial charge is 0.325 e. The Labute approximate surface area is 189 Å². The number of anilines is 1. The number of hydrogen-bond donors (Lipinski definition) is 1. The van der Waals surface area contributed by atoms with E-state index in [0.717, 1.165) is 22.6 Å². The summed E-state index contributed by atoms with van der Waals surface area (Å²) < 4.78 is 2.00. The highest BCUT2D eigenvalue weighted by Crippen LogP contribution is 2.29. The number of aromatic nitrogens is 3. The van der Waals surface area contributed by atoms with Gasteiger partial charge in [0.2, 0.25) is 5.91 Å². The van der Waals surface area contributed by atoms with Gasteiger partial charge < -0.3 is 5.32 Å². The second-order valence-electron chi connectivity index (χ2n) is 8.60. The van der Waals surface area contributed by atoms with Crippen LogP contribution in [0.15, 0.2) is 66.3 Å². The Morgan fingerprint density at radius 2 is 1.84 bits per heavy atom. The second-order valence-corrected chi connectivity index (χ2v) is 9.91. The number of amides is 1. The number of nitrogens with zero attached hydrogens (tertiary/aromatic N) is 3. The van der Waals surface area contributed by atoms with Crippen LogP contribution in [0.25, 0.3) is 11.4 Å². The Balaban J connectivity index is 1.80. The van der Waals surface area contributed by atoms with E-state index in [0.29, 0.717) is 11.7 Å². The van der Waals surface area contributed by atoms with Crippen molar-refractivity contribution in [1.29, 1.82) is 0 Å². The number of carbonyl (C=O) groups is 1. The number of aryl methyl sites for hydroxylation is 1. The van der Waals surface area contributed by atoms with Crippen molar-refractivity contribution in [2.45, 2.75) is 57.0 Å². The quantitative estimate of drug-likeness (QED) is 0.374. The van der Waals surface area contributed by atoms with E-state index in [1.165, 1.54) is 17.3 Å². The van der Waals surface area contributed by atoms with Crippen LogP contribution in [0.3, 0.4) is 0 Å². The zero-order valence-corrected chi connectivity index (χ0v) is 19.7. The zero-order chi connectivity index (χ0) is 22.6. The topological polar surface area (TPSA) is 59.8 Å². The first kappa shape index (κ1) is 22.8. The maximum Gasteiger partial charge on any atom is 0.237 e. The molecule has 0 spiro atoms. The molecule has 0 radical (unpaired) electrons. The van der Waals surface area contributed by atoms with Gasteiger partial charge in [-0.3, -0.25) is 9.36 Å². The molecule has 3 rings (SSSR count). The third kappa shape index (κ3) is 5.44. The average molecular weight is 435 g/mol. The van der Waals surface area contributed by atoms with Gasteiger partial charge in [0.1, 0.15) is 0 Å². The number of allylic oxidation sites excluding steroid dienone is 1. The standard InChI is InChI=1S/C25H30N4OS/c1-7-16-29-22(19-12-14-20(15-13-19)25(4,5)6)27-28-24(29)31-18(3)23(30)26-21-11-9-8-10-17(21)2/h7-15,18H,1,16H2,2-6H3,(H,26,30). The van der Waals surface area contributed by atoms with Crippen LogP contribution in [-0.4, -0.2) is 25.9 Å². The highest BCUT2D eigenvalue weighted by Gasteiger charge is 2.21. The third-order valence-electron chi connectivity index (χ3n) is 5.09. The summed E-state index contributed by atoms with van der Waals surface area (Å²) in [5, 5.41) is 12.2. The zero-order valence-electron chi connectivity index (χ0n) is 18.8. The van der Waals surface area contributed by atoms with Crippen molar-refractivity contribution >= 4 is 23.4 Å². The summed E-state index contributed by atoms with van der Waals surface area (Å²) in [6.45, 7) is 14.9. The lowest BCUT2D eigenvalue weighted by Crippen LogP contribution is -2.23. The van der Waals surface area contributed by atoms with Crippen molar-refractivity contribution in [3.63, 3.8) is 0 Å². The van der Waals surface area contributed by atoms with Gasteiger partial charge in [0.05, 0.1) is 5.25 Å². The molecular formula is C25H30N4OS. The molecule has 1 aromatic heterocycles. The van der Waals surface area contributed by atoms with Crippen molar-refractivity contribution in [2.75, 3.05) is 5.32 Å². The van der Waals surface area contributed by atoms with E-state index >= 15 is 0 Å². The number of rotatable bonds is 7. The van der Waals surface area contributed by atoms with Crippen molar-refractivity contribution in [3.05, 3.63) is 72.3 Å². The summed E-state index contributed by atoms with van der Waals surface area (Å²) in [5.41, 5.74) is 4.21. The van der Waals surface area contributed by atoms with Crippen LogP contribution < -0.4 is 5.32 Å². The number of thioether (sulfide) groups is 1. The molecule has 1 heterocycles. The molecule has 0 bridgehead atoms. The summed E-state index contributed by atoms with van der Waals surface area (Å²) >= 11 is 1.40. The van der Waals surface area contributed by atoms with E-state index in [-0.39, 0.29) is 16.6 Å². The Kier molecular flexibility index (Phi) is 7.01. The predicted molar refractivity (Wildman–Crippen MR) is 129 cm³/mol. The molecule has 0 fully saturated rings. The normalized spacial score (nSPS) is 12.4. The van der Waals surface area contributed by atoms with E-state index in [1.807, 2.05) is 48.8 Å². The summed E-state index contributed by atoms with van der Waals surface area (Å²) in [6, 6.07) is 16.2. The van der Waals surface area contributed by atoms with Gasteiger partial charge in [0.25, 0.3) is 0 Å². The van der Waals surface area contributed by atoms with E-state index in [9.17, 15) is 4.79 Å². The molecule has 3 aromatic rings. The van der Waals surface area contributed by atoms with Gasteiger partial charge >= 0.3 is 0 Å². The van der Waals surface area contributed by atoms with Crippen molar-refractivity contribution in [3.8, 4) is 11.4 Å². The molecule has 1 N–H and O–H groups in total. The number of carbonyl (C=O) groups excluding carboxylic acids is 1. The maximum atomic E-state index is 12.7. The molecule has 0 saturated carbocycles. The van der Waals surface area contributed by atoms with E-state index in [1.54, 1.807) is 0 Å². The van der Waals surface area contributed by atoms with Crippen LogP contribution in [-0.2, 0) is 16.8 Å². The Bertz CT molecular complexity index is 1060. The fourth-order valence-corrected chi connectivity index (χ4v) is 4.02. The van der Waals surface area contributed by atoms with E-state index in [2.05, 4.69) is 67.1 Å². The minimum absolute atomic E-state index is 0.0662. The first-order valence-electron chi connectivity index (χ1n) is 10.4. The first-order valence-corrected chi connectivity index (χ1v) is 11.3. The molecule has 6 heteroatoms. The average Bonchev–Trinajstić information content (AvgIpc) is 3.11. The third-order valence-corrected chi connectivity index (χ3v) is 6.17. The molecular weight excluding hydrogens is 404 g/mol. The number of nitrogens with one attached hydrogen (secondary N) is 1. The van der Waals surface area contributed by atoms with Gasteiger partial charge in [-0.25, -0.2) is 0 Å². The number of para-hydroxylation sites is 1. The van der Waals surface area contributed by atoms with Crippen LogP contribution in [0.4, 0.5) is 5.69 Å². The second kappa shape index (κ2) is 9.52. The van der Waals surface area contributed by atoms with Gasteiger partial charge in [0.15, 0.2) is 11.0 Å². The molecule has 0 saturated heterocycles. The molecule has 0 aliphatic heterocycles. The molecule has 0 aliphatic carbocycles. The summed E-state index contributed by atoms with van der Waals surface area (Å²) in [5.74, 6) is 0.706. The minimum atomic E-state index is -0.330.